The summed E-state index contributed by atoms with van der Waals surface area (Å²) in [6.07, 6.45) is 1.67. The van der Waals surface area contributed by atoms with Crippen LogP contribution in [0.25, 0.3) is 0 Å². The molecule has 0 spiro atoms. The molecule has 2 N–H and O–H groups in total. The maximum Gasteiger partial charge on any atom is 0.519 e. The number of carbonyl (C=O) groups excluding carboxylic acids is 2. The van der Waals surface area contributed by atoms with E-state index < -0.39 is 23.1 Å². The second-order valence-corrected chi connectivity index (χ2v) is 7.17. The minimum Gasteiger partial charge on any atom is -0.465 e. The Morgan fingerprint density at radius 2 is 1.96 bits per heavy atom. The van der Waals surface area contributed by atoms with Crippen LogP contribution in [0.3, 0.4) is 0 Å². The SMILES string of the molecule is Cc1oc(=O)oc1COC(=O)SC[C@H](N)C(=O)OCCCCN1CCOCC1. The summed E-state index contributed by atoms with van der Waals surface area (Å²) >= 11 is 0.751. The van der Waals surface area contributed by atoms with Crippen LogP contribution in [0.4, 0.5) is 4.79 Å². The van der Waals surface area contributed by atoms with Crippen molar-refractivity contribution < 1.29 is 32.6 Å². The van der Waals surface area contributed by atoms with Gasteiger partial charge in [0.25, 0.3) is 0 Å². The molecule has 1 aliphatic heterocycles. The molecule has 28 heavy (non-hydrogen) atoms. The molecule has 0 saturated carbocycles. The summed E-state index contributed by atoms with van der Waals surface area (Å²) < 4.78 is 24.7. The third-order valence-electron chi connectivity index (χ3n) is 4.06. The molecule has 0 bridgehead atoms. The van der Waals surface area contributed by atoms with E-state index in [1.165, 1.54) is 6.92 Å². The Kier molecular flexibility index (Phi) is 9.55. The maximum absolute atomic E-state index is 11.8. The van der Waals surface area contributed by atoms with Crippen LogP contribution in [-0.4, -0.2) is 67.4 Å². The molecule has 0 aliphatic carbocycles. The average molecular weight is 418 g/mol. The van der Waals surface area contributed by atoms with Crippen LogP contribution in [-0.2, 0) is 25.6 Å². The zero-order chi connectivity index (χ0) is 20.4. The number of unbranched alkanes of at least 4 members (excludes halogenated alkanes) is 1. The first-order valence-electron chi connectivity index (χ1n) is 9.07. The summed E-state index contributed by atoms with van der Waals surface area (Å²) in [5.74, 6) is -0.995. The molecule has 2 rings (SSSR count). The number of hydrogen-bond donors (Lipinski definition) is 1. The average Bonchev–Trinajstić information content (AvgIpc) is 3.01. The van der Waals surface area contributed by atoms with Gasteiger partial charge in [-0.2, -0.15) is 0 Å². The second-order valence-electron chi connectivity index (χ2n) is 6.22. The lowest BCUT2D eigenvalue weighted by atomic mass is 10.3. The molecule has 0 radical (unpaired) electrons. The number of esters is 1. The summed E-state index contributed by atoms with van der Waals surface area (Å²) in [7, 11) is 0. The molecule has 0 unspecified atom stereocenters. The van der Waals surface area contributed by atoms with Gasteiger partial charge >= 0.3 is 17.1 Å². The van der Waals surface area contributed by atoms with Gasteiger partial charge < -0.3 is 28.8 Å². The molecular weight excluding hydrogens is 392 g/mol. The molecule has 1 saturated heterocycles. The molecule has 10 nitrogen and oxygen atoms in total. The van der Waals surface area contributed by atoms with Gasteiger partial charge in [0.05, 0.1) is 19.8 Å². The van der Waals surface area contributed by atoms with Gasteiger partial charge in [-0.3, -0.25) is 9.69 Å². The lowest BCUT2D eigenvalue weighted by Gasteiger charge is -2.26. The summed E-state index contributed by atoms with van der Waals surface area (Å²) in [5.41, 5.74) is 5.73. The van der Waals surface area contributed by atoms with Crippen molar-refractivity contribution in [1.82, 2.24) is 4.90 Å². The van der Waals surface area contributed by atoms with Gasteiger partial charge in [-0.15, -0.1) is 0 Å². The Bertz CT molecular complexity index is 683. The summed E-state index contributed by atoms with van der Waals surface area (Å²) in [5, 5.41) is -0.642. The van der Waals surface area contributed by atoms with Crippen LogP contribution in [0, 0.1) is 6.92 Å². The van der Waals surface area contributed by atoms with E-state index in [0.29, 0.717) is 6.61 Å². The molecule has 1 aromatic heterocycles. The van der Waals surface area contributed by atoms with Gasteiger partial charge in [0.1, 0.15) is 6.04 Å². The fourth-order valence-electron chi connectivity index (χ4n) is 2.44. The molecule has 11 heteroatoms. The Hall–Kier alpha value is -1.82. The van der Waals surface area contributed by atoms with E-state index in [0.717, 1.165) is 57.5 Å². The van der Waals surface area contributed by atoms with Crippen molar-refractivity contribution in [3.8, 4) is 0 Å². The lowest BCUT2D eigenvalue weighted by Crippen LogP contribution is -2.37. The summed E-state index contributed by atoms with van der Waals surface area (Å²) in [6.45, 7) is 5.94. The number of nitrogens with zero attached hydrogens (tertiary/aromatic N) is 1. The van der Waals surface area contributed by atoms with Crippen LogP contribution < -0.4 is 11.6 Å². The summed E-state index contributed by atoms with van der Waals surface area (Å²) in [6, 6.07) is -0.926. The van der Waals surface area contributed by atoms with E-state index in [-0.39, 0.29) is 23.9 Å². The molecular formula is C17H26N2O8S. The largest absolute Gasteiger partial charge is 0.519 e. The molecule has 0 amide bonds. The van der Waals surface area contributed by atoms with Crippen LogP contribution in [0.5, 0.6) is 0 Å². The Morgan fingerprint density at radius 3 is 2.64 bits per heavy atom. The van der Waals surface area contributed by atoms with Crippen molar-refractivity contribution in [2.45, 2.75) is 32.4 Å². The van der Waals surface area contributed by atoms with Crippen molar-refractivity contribution in [1.29, 1.82) is 0 Å². The number of aryl methyl sites for hydroxylation is 1. The first-order valence-corrected chi connectivity index (χ1v) is 10.1. The Labute approximate surface area is 166 Å². The van der Waals surface area contributed by atoms with E-state index in [1.54, 1.807) is 0 Å². The highest BCUT2D eigenvalue weighted by molar-refractivity contribution is 8.13. The third kappa shape index (κ3) is 8.05. The first kappa shape index (κ1) is 22.5. The van der Waals surface area contributed by atoms with Gasteiger partial charge in [-0.25, -0.2) is 9.59 Å². The fraction of sp³-hybridized carbons (Fsp3) is 0.706. The number of nitrogens with two attached hydrogens (primary N) is 1. The highest BCUT2D eigenvalue weighted by Crippen LogP contribution is 2.12. The molecule has 2 heterocycles. The van der Waals surface area contributed by atoms with E-state index in [2.05, 4.69) is 9.32 Å². The minimum absolute atomic E-state index is 0.0275. The van der Waals surface area contributed by atoms with Crippen molar-refractivity contribution in [2.75, 3.05) is 45.2 Å². The number of thioether (sulfide) groups is 1. The third-order valence-corrected chi connectivity index (χ3v) is 4.94. The van der Waals surface area contributed by atoms with Crippen LogP contribution in [0.15, 0.2) is 13.6 Å². The predicted octanol–water partition coefficient (Wildman–Crippen LogP) is 0.894. The van der Waals surface area contributed by atoms with Crippen molar-refractivity contribution >= 4 is 23.0 Å². The van der Waals surface area contributed by atoms with Gasteiger partial charge in [0.2, 0.25) is 0 Å². The molecule has 1 aliphatic rings. The molecule has 0 aromatic carbocycles. The van der Waals surface area contributed by atoms with E-state index >= 15 is 0 Å². The zero-order valence-electron chi connectivity index (χ0n) is 15.8. The van der Waals surface area contributed by atoms with Gasteiger partial charge in [0.15, 0.2) is 18.1 Å². The number of carbonyl (C=O) groups is 2. The monoisotopic (exact) mass is 418 g/mol. The van der Waals surface area contributed by atoms with Gasteiger partial charge in [0, 0.05) is 18.8 Å². The minimum atomic E-state index is -0.926. The molecule has 1 aromatic rings. The standard InChI is InChI=1S/C17H26N2O8S/c1-12-14(27-16(21)26-12)10-25-17(22)28-11-13(18)15(20)24-7-3-2-4-19-5-8-23-9-6-19/h13H,2-11,18H2,1H3/t13-/m0/s1. The molecule has 158 valence electrons. The Balaban J connectivity index is 1.52. The summed E-state index contributed by atoms with van der Waals surface area (Å²) in [4.78, 5) is 36.7. The van der Waals surface area contributed by atoms with Crippen LogP contribution >= 0.6 is 11.8 Å². The zero-order valence-corrected chi connectivity index (χ0v) is 16.7. The fourth-order valence-corrected chi connectivity index (χ4v) is 3.03. The van der Waals surface area contributed by atoms with E-state index in [1.807, 2.05) is 0 Å². The second kappa shape index (κ2) is 11.9. The lowest BCUT2D eigenvalue weighted by molar-refractivity contribution is -0.144. The number of rotatable bonds is 10. The van der Waals surface area contributed by atoms with E-state index in [9.17, 15) is 14.4 Å². The normalized spacial score (nSPS) is 15.9. The maximum atomic E-state index is 11.8. The molecule has 1 fully saturated rings. The van der Waals surface area contributed by atoms with E-state index in [4.69, 9.17) is 24.4 Å². The van der Waals surface area contributed by atoms with Crippen molar-refractivity contribution in [3.63, 3.8) is 0 Å². The van der Waals surface area contributed by atoms with Crippen molar-refractivity contribution in [2.24, 2.45) is 5.73 Å². The highest BCUT2D eigenvalue weighted by atomic mass is 32.2. The molecule has 1 atom stereocenters. The predicted molar refractivity (Wildman–Crippen MR) is 100 cm³/mol. The number of hydrogen-bond acceptors (Lipinski definition) is 11. The van der Waals surface area contributed by atoms with Gasteiger partial charge in [-0.1, -0.05) is 0 Å². The topological polar surface area (TPSA) is 134 Å². The van der Waals surface area contributed by atoms with Crippen LogP contribution in [0.2, 0.25) is 0 Å². The number of morpholine rings is 1. The smallest absolute Gasteiger partial charge is 0.465 e. The first-order chi connectivity index (χ1) is 13.5. The highest BCUT2D eigenvalue weighted by Gasteiger charge is 2.19. The van der Waals surface area contributed by atoms with Gasteiger partial charge in [-0.05, 0) is 38.1 Å². The van der Waals surface area contributed by atoms with Crippen LogP contribution in [0.1, 0.15) is 24.4 Å². The number of ether oxygens (including phenoxy) is 3. The van der Waals surface area contributed by atoms with Crippen molar-refractivity contribution in [3.05, 3.63) is 22.1 Å². The Morgan fingerprint density at radius 1 is 1.21 bits per heavy atom. The quantitative estimate of drug-likeness (QED) is 0.429.